The summed E-state index contributed by atoms with van der Waals surface area (Å²) in [5, 5.41) is 22.3. The summed E-state index contributed by atoms with van der Waals surface area (Å²) in [6, 6.07) is 8.53. The molecule has 0 saturated heterocycles. The lowest BCUT2D eigenvalue weighted by atomic mass is 9.79. The molecule has 2 atom stereocenters. The van der Waals surface area contributed by atoms with Crippen molar-refractivity contribution in [2.45, 2.75) is 136 Å². The number of phenolic OH excluding ortho intramolecular Hbond substituents is 2. The number of phenols is 2. The highest BCUT2D eigenvalue weighted by atomic mass is 16.3. The quantitative estimate of drug-likeness (QED) is 0.377. The summed E-state index contributed by atoms with van der Waals surface area (Å²) >= 11 is 0. The van der Waals surface area contributed by atoms with Crippen LogP contribution >= 0.6 is 0 Å². The number of aromatic hydroxyl groups is 2. The number of nitrogens with zero attached hydrogens (tertiary/aromatic N) is 2. The molecule has 0 spiro atoms. The minimum Gasteiger partial charge on any atom is -0.507 e. The fourth-order valence-corrected chi connectivity index (χ4v) is 5.20. The van der Waals surface area contributed by atoms with Gasteiger partial charge in [-0.05, 0) is 63.8 Å². The van der Waals surface area contributed by atoms with Gasteiger partial charge in [-0.25, -0.2) is 0 Å². The molecule has 0 heterocycles. The molecule has 0 amide bonds. The summed E-state index contributed by atoms with van der Waals surface area (Å²) in [7, 11) is 0. The Bertz CT molecular complexity index is 1220. The van der Waals surface area contributed by atoms with Crippen LogP contribution in [0.4, 0.5) is 0 Å². The second-order valence-electron chi connectivity index (χ2n) is 14.8. The summed E-state index contributed by atoms with van der Waals surface area (Å²) < 4.78 is 0. The van der Waals surface area contributed by atoms with Gasteiger partial charge in [0.15, 0.2) is 0 Å². The molecular weight excluding hydrogens is 480 g/mol. The molecule has 4 heteroatoms. The van der Waals surface area contributed by atoms with Crippen LogP contribution in [0.5, 0.6) is 11.5 Å². The van der Waals surface area contributed by atoms with Crippen LogP contribution in [-0.2, 0) is 16.2 Å². The van der Waals surface area contributed by atoms with E-state index in [-0.39, 0.29) is 34.2 Å². The number of hydrogen-bond acceptors (Lipinski definition) is 4. The van der Waals surface area contributed by atoms with E-state index in [4.69, 9.17) is 9.98 Å². The Morgan fingerprint density at radius 1 is 0.667 bits per heavy atom. The molecular formula is C35H52N2O2. The summed E-state index contributed by atoms with van der Waals surface area (Å²) in [5.74, 6) is 0.873. The zero-order chi connectivity index (χ0) is 29.3. The minimum atomic E-state index is -0.177. The van der Waals surface area contributed by atoms with Gasteiger partial charge >= 0.3 is 0 Å². The molecule has 39 heavy (non-hydrogen) atoms. The Labute approximate surface area is 237 Å². The van der Waals surface area contributed by atoms with Crippen LogP contribution < -0.4 is 0 Å². The van der Waals surface area contributed by atoms with Crippen molar-refractivity contribution in [1.29, 1.82) is 0 Å². The van der Waals surface area contributed by atoms with Gasteiger partial charge < -0.3 is 10.2 Å². The van der Waals surface area contributed by atoms with E-state index in [1.165, 1.54) is 11.1 Å². The lowest BCUT2D eigenvalue weighted by Crippen LogP contribution is -2.27. The van der Waals surface area contributed by atoms with Crippen molar-refractivity contribution in [1.82, 2.24) is 0 Å². The number of aliphatic imine (C=N–C) groups is 2. The van der Waals surface area contributed by atoms with Gasteiger partial charge in [0.1, 0.15) is 11.5 Å². The van der Waals surface area contributed by atoms with E-state index in [9.17, 15) is 10.2 Å². The minimum absolute atomic E-state index is 0.0207. The van der Waals surface area contributed by atoms with Crippen molar-refractivity contribution in [3.05, 3.63) is 57.6 Å². The molecule has 2 aromatic rings. The summed E-state index contributed by atoms with van der Waals surface area (Å²) in [6.45, 7) is 23.8. The third-order valence-electron chi connectivity index (χ3n) is 7.97. The van der Waals surface area contributed by atoms with Gasteiger partial charge in [0.25, 0.3) is 0 Å². The third kappa shape index (κ3) is 7.52. The summed E-state index contributed by atoms with van der Waals surface area (Å²) in [5.41, 5.74) is 5.63. The van der Waals surface area contributed by atoms with Gasteiger partial charge in [-0.15, -0.1) is 0 Å². The molecule has 2 aromatic carbocycles. The normalized spacial score (nSPS) is 19.5. The van der Waals surface area contributed by atoms with Crippen molar-refractivity contribution >= 4 is 12.4 Å². The standard InChI is InChI=1S/C35H52N2O2/c1-22(2)27-18-25(33(3,4)5)16-23(31(27)38)20-36-29-14-12-13-15-30(29)37-21-24-17-26(34(6,7)8)19-28(32(24)39)35(9,10)11/h16-22,29-30,38-39H,12-15H2,1-11H3/t29-,30-/m1/s1. The van der Waals surface area contributed by atoms with E-state index >= 15 is 0 Å². The van der Waals surface area contributed by atoms with Gasteiger partial charge in [-0.2, -0.15) is 0 Å². The predicted octanol–water partition coefficient (Wildman–Crippen LogP) is 8.96. The average molecular weight is 533 g/mol. The number of benzene rings is 2. The lowest BCUT2D eigenvalue weighted by Gasteiger charge is -2.28. The van der Waals surface area contributed by atoms with E-state index in [1.807, 2.05) is 12.4 Å². The van der Waals surface area contributed by atoms with Crippen LogP contribution in [0.25, 0.3) is 0 Å². The Morgan fingerprint density at radius 2 is 1.10 bits per heavy atom. The van der Waals surface area contributed by atoms with Gasteiger partial charge in [0.05, 0.1) is 12.1 Å². The van der Waals surface area contributed by atoms with Crippen LogP contribution in [0.1, 0.15) is 141 Å². The van der Waals surface area contributed by atoms with Crippen LogP contribution in [0.3, 0.4) is 0 Å². The first-order chi connectivity index (χ1) is 17.9. The molecule has 1 aliphatic rings. The summed E-state index contributed by atoms with van der Waals surface area (Å²) in [4.78, 5) is 10.0. The molecule has 3 rings (SSSR count). The van der Waals surface area contributed by atoms with Crippen molar-refractivity contribution in [2.24, 2.45) is 9.98 Å². The number of rotatable bonds is 5. The van der Waals surface area contributed by atoms with Crippen molar-refractivity contribution in [3.8, 4) is 11.5 Å². The van der Waals surface area contributed by atoms with Crippen molar-refractivity contribution in [2.75, 3.05) is 0 Å². The van der Waals surface area contributed by atoms with Gasteiger partial charge in [-0.3, -0.25) is 9.98 Å². The smallest absolute Gasteiger partial charge is 0.128 e. The number of hydrogen-bond donors (Lipinski definition) is 2. The maximum atomic E-state index is 11.2. The molecule has 0 aromatic heterocycles. The van der Waals surface area contributed by atoms with Crippen LogP contribution in [-0.4, -0.2) is 34.7 Å². The van der Waals surface area contributed by atoms with Gasteiger partial charge in [0, 0.05) is 29.1 Å². The first-order valence-electron chi connectivity index (χ1n) is 14.7. The van der Waals surface area contributed by atoms with E-state index in [0.717, 1.165) is 47.9 Å². The first kappa shape index (κ1) is 30.9. The second kappa shape index (κ2) is 11.5. The van der Waals surface area contributed by atoms with Crippen molar-refractivity contribution in [3.63, 3.8) is 0 Å². The molecule has 1 fully saturated rings. The molecule has 1 saturated carbocycles. The molecule has 0 unspecified atom stereocenters. The third-order valence-corrected chi connectivity index (χ3v) is 7.97. The maximum absolute atomic E-state index is 11.2. The monoisotopic (exact) mass is 532 g/mol. The Hall–Kier alpha value is -2.62. The zero-order valence-corrected chi connectivity index (χ0v) is 26.3. The van der Waals surface area contributed by atoms with Crippen LogP contribution in [0.15, 0.2) is 34.3 Å². The SMILES string of the molecule is CC(C)c1cc(C(C)(C)C)cc(C=N[C@@H]2CCCC[C@H]2N=Cc2cc(C(C)(C)C)cc(C(C)(C)C)c2O)c1O. The molecule has 0 aliphatic heterocycles. The molecule has 0 radical (unpaired) electrons. The van der Waals surface area contributed by atoms with E-state index in [1.54, 1.807) is 0 Å². The Kier molecular flexibility index (Phi) is 9.09. The fraction of sp³-hybridized carbons (Fsp3) is 0.600. The zero-order valence-electron chi connectivity index (χ0n) is 26.3. The molecule has 214 valence electrons. The first-order valence-corrected chi connectivity index (χ1v) is 14.7. The Balaban J connectivity index is 1.98. The highest BCUT2D eigenvalue weighted by Crippen LogP contribution is 2.38. The maximum Gasteiger partial charge on any atom is 0.128 e. The molecule has 0 bridgehead atoms. The van der Waals surface area contributed by atoms with Gasteiger partial charge in [-0.1, -0.05) is 101 Å². The van der Waals surface area contributed by atoms with E-state index in [0.29, 0.717) is 11.5 Å². The van der Waals surface area contributed by atoms with Crippen molar-refractivity contribution < 1.29 is 10.2 Å². The topological polar surface area (TPSA) is 65.2 Å². The fourth-order valence-electron chi connectivity index (χ4n) is 5.20. The molecule has 1 aliphatic carbocycles. The highest BCUT2D eigenvalue weighted by molar-refractivity contribution is 5.86. The second-order valence-corrected chi connectivity index (χ2v) is 14.8. The largest absolute Gasteiger partial charge is 0.507 e. The molecule has 4 nitrogen and oxygen atoms in total. The average Bonchev–Trinajstić information content (AvgIpc) is 2.80. The van der Waals surface area contributed by atoms with Crippen LogP contribution in [0.2, 0.25) is 0 Å². The van der Waals surface area contributed by atoms with E-state index < -0.39 is 0 Å². The summed E-state index contributed by atoms with van der Waals surface area (Å²) in [6.07, 6.45) is 7.92. The Morgan fingerprint density at radius 3 is 1.51 bits per heavy atom. The van der Waals surface area contributed by atoms with Crippen LogP contribution in [0, 0.1) is 0 Å². The van der Waals surface area contributed by atoms with E-state index in [2.05, 4.69) is 100 Å². The highest BCUT2D eigenvalue weighted by Gasteiger charge is 2.27. The van der Waals surface area contributed by atoms with Gasteiger partial charge in [0.2, 0.25) is 0 Å². The predicted molar refractivity (Wildman–Crippen MR) is 168 cm³/mol. The molecule has 2 N–H and O–H groups in total. The lowest BCUT2D eigenvalue weighted by molar-refractivity contribution is 0.390.